The van der Waals surface area contributed by atoms with Crippen molar-refractivity contribution < 1.29 is 9.53 Å². The van der Waals surface area contributed by atoms with Crippen LogP contribution in [0.25, 0.3) is 0 Å². The smallest absolute Gasteiger partial charge is 0.143 e. The minimum absolute atomic E-state index is 0.172. The number of carbonyl (C=O) groups is 1. The predicted molar refractivity (Wildman–Crippen MR) is 64.2 cm³/mol. The Bertz CT molecular complexity index is 282. The summed E-state index contributed by atoms with van der Waals surface area (Å²) in [5, 5.41) is 0. The van der Waals surface area contributed by atoms with Crippen molar-refractivity contribution >= 4 is 5.78 Å². The molecule has 0 aromatic heterocycles. The second-order valence-corrected chi connectivity index (χ2v) is 6.36. The number of ether oxygens (including phenoxy) is 1. The van der Waals surface area contributed by atoms with Crippen molar-refractivity contribution in [2.75, 3.05) is 0 Å². The zero-order valence-electron chi connectivity index (χ0n) is 11.0. The van der Waals surface area contributed by atoms with Crippen molar-refractivity contribution in [1.82, 2.24) is 0 Å². The Balaban J connectivity index is 1.85. The first-order chi connectivity index (χ1) is 7.41. The van der Waals surface area contributed by atoms with Crippen LogP contribution in [0.3, 0.4) is 0 Å². The molecular weight excluding hydrogens is 200 g/mol. The fourth-order valence-corrected chi connectivity index (χ4v) is 2.81. The highest BCUT2D eigenvalue weighted by molar-refractivity contribution is 5.91. The molecule has 2 heteroatoms. The molecule has 16 heavy (non-hydrogen) atoms. The van der Waals surface area contributed by atoms with Gasteiger partial charge in [-0.25, -0.2) is 0 Å². The molecule has 2 rings (SSSR count). The molecule has 0 radical (unpaired) electrons. The second-order valence-electron chi connectivity index (χ2n) is 6.36. The topological polar surface area (TPSA) is 26.3 Å². The molecule has 4 unspecified atom stereocenters. The van der Waals surface area contributed by atoms with Crippen LogP contribution in [0.15, 0.2) is 0 Å². The van der Waals surface area contributed by atoms with Gasteiger partial charge in [0.15, 0.2) is 0 Å². The first kappa shape index (κ1) is 12.1. The Morgan fingerprint density at radius 3 is 2.38 bits per heavy atom. The van der Waals surface area contributed by atoms with Gasteiger partial charge >= 0.3 is 0 Å². The molecule has 0 spiro atoms. The summed E-state index contributed by atoms with van der Waals surface area (Å²) in [7, 11) is 0. The van der Waals surface area contributed by atoms with Crippen LogP contribution < -0.4 is 0 Å². The van der Waals surface area contributed by atoms with Gasteiger partial charge in [0, 0.05) is 6.42 Å². The zero-order chi connectivity index (χ0) is 11.9. The SMILES string of the molecule is CC1CCC(OC2CC(=O)C2(C)C)CC1C. The van der Waals surface area contributed by atoms with Gasteiger partial charge in [-0.15, -0.1) is 0 Å². The first-order valence-corrected chi connectivity index (χ1v) is 6.60. The van der Waals surface area contributed by atoms with Crippen LogP contribution in [-0.2, 0) is 9.53 Å². The second kappa shape index (κ2) is 4.14. The summed E-state index contributed by atoms with van der Waals surface area (Å²) in [5.74, 6) is 1.95. The van der Waals surface area contributed by atoms with E-state index in [2.05, 4.69) is 13.8 Å². The number of ketones is 1. The summed E-state index contributed by atoms with van der Waals surface area (Å²) in [5.41, 5.74) is -0.230. The maximum atomic E-state index is 11.4. The molecule has 0 saturated heterocycles. The van der Waals surface area contributed by atoms with E-state index in [0.717, 1.165) is 11.8 Å². The first-order valence-electron chi connectivity index (χ1n) is 6.60. The highest BCUT2D eigenvalue weighted by atomic mass is 16.5. The van der Waals surface area contributed by atoms with Crippen molar-refractivity contribution in [2.45, 2.75) is 65.6 Å². The lowest BCUT2D eigenvalue weighted by molar-refractivity contribution is -0.170. The molecule has 2 saturated carbocycles. The molecule has 92 valence electrons. The summed E-state index contributed by atoms with van der Waals surface area (Å²) in [6.45, 7) is 8.67. The van der Waals surface area contributed by atoms with Gasteiger partial charge in [0.2, 0.25) is 0 Å². The third-order valence-corrected chi connectivity index (χ3v) is 4.80. The Hall–Kier alpha value is -0.370. The van der Waals surface area contributed by atoms with Gasteiger partial charge in [0.05, 0.1) is 17.6 Å². The number of carbonyl (C=O) groups excluding carboxylic acids is 1. The van der Waals surface area contributed by atoms with Gasteiger partial charge in [0.1, 0.15) is 5.78 Å². The lowest BCUT2D eigenvalue weighted by Gasteiger charge is -2.45. The van der Waals surface area contributed by atoms with Crippen LogP contribution >= 0.6 is 0 Å². The summed E-state index contributed by atoms with van der Waals surface area (Å²) in [6.07, 6.45) is 4.81. The normalized spacial score (nSPS) is 42.9. The summed E-state index contributed by atoms with van der Waals surface area (Å²) in [4.78, 5) is 11.4. The van der Waals surface area contributed by atoms with E-state index < -0.39 is 0 Å². The summed E-state index contributed by atoms with van der Waals surface area (Å²) >= 11 is 0. The van der Waals surface area contributed by atoms with Crippen molar-refractivity contribution in [3.63, 3.8) is 0 Å². The average molecular weight is 224 g/mol. The maximum absolute atomic E-state index is 11.4. The van der Waals surface area contributed by atoms with Crippen molar-refractivity contribution in [1.29, 1.82) is 0 Å². The Morgan fingerprint density at radius 1 is 1.19 bits per heavy atom. The fourth-order valence-electron chi connectivity index (χ4n) is 2.81. The minimum Gasteiger partial charge on any atom is -0.374 e. The van der Waals surface area contributed by atoms with Crippen molar-refractivity contribution in [3.8, 4) is 0 Å². The van der Waals surface area contributed by atoms with Crippen molar-refractivity contribution in [3.05, 3.63) is 0 Å². The quantitative estimate of drug-likeness (QED) is 0.720. The van der Waals surface area contributed by atoms with Gasteiger partial charge in [0.25, 0.3) is 0 Å². The van der Waals surface area contributed by atoms with E-state index in [0.29, 0.717) is 18.3 Å². The van der Waals surface area contributed by atoms with Crippen LogP contribution in [0.4, 0.5) is 0 Å². The molecular formula is C14H24O2. The van der Waals surface area contributed by atoms with Gasteiger partial charge in [-0.1, -0.05) is 27.7 Å². The van der Waals surface area contributed by atoms with E-state index in [1.54, 1.807) is 0 Å². The predicted octanol–water partition coefficient (Wildman–Crippen LogP) is 3.20. The monoisotopic (exact) mass is 224 g/mol. The number of Topliss-reactive ketones (excluding diaryl/α,β-unsaturated/α-hetero) is 1. The molecule has 0 aromatic rings. The standard InChI is InChI=1S/C14H24O2/c1-9-5-6-11(7-10(9)2)16-13-8-12(15)14(13,3)4/h9-11,13H,5-8H2,1-4H3. The lowest BCUT2D eigenvalue weighted by Crippen LogP contribution is -2.53. The molecule has 2 nitrogen and oxygen atoms in total. The summed E-state index contributed by atoms with van der Waals surface area (Å²) in [6, 6.07) is 0. The number of rotatable bonds is 2. The van der Waals surface area contributed by atoms with E-state index >= 15 is 0 Å². The van der Waals surface area contributed by atoms with Crippen LogP contribution in [0.2, 0.25) is 0 Å². The third-order valence-electron chi connectivity index (χ3n) is 4.80. The fraction of sp³-hybridized carbons (Fsp3) is 0.929. The van der Waals surface area contributed by atoms with Gasteiger partial charge in [-0.3, -0.25) is 4.79 Å². The largest absolute Gasteiger partial charge is 0.374 e. The Morgan fingerprint density at radius 2 is 1.88 bits per heavy atom. The van der Waals surface area contributed by atoms with Crippen molar-refractivity contribution in [2.24, 2.45) is 17.3 Å². The van der Waals surface area contributed by atoms with Gasteiger partial charge in [-0.2, -0.15) is 0 Å². The van der Waals surface area contributed by atoms with E-state index in [1.165, 1.54) is 19.3 Å². The number of hydrogen-bond acceptors (Lipinski definition) is 2. The molecule has 0 aromatic carbocycles. The van der Waals surface area contributed by atoms with Crippen LogP contribution in [0.5, 0.6) is 0 Å². The van der Waals surface area contributed by atoms with Crippen LogP contribution in [0.1, 0.15) is 53.4 Å². The molecule has 0 N–H and O–H groups in total. The molecule has 0 amide bonds. The molecule has 0 bridgehead atoms. The van der Waals surface area contributed by atoms with Crippen LogP contribution in [0, 0.1) is 17.3 Å². The molecule has 4 atom stereocenters. The summed E-state index contributed by atoms with van der Waals surface area (Å²) < 4.78 is 6.11. The Labute approximate surface area is 98.7 Å². The number of hydrogen-bond donors (Lipinski definition) is 0. The highest BCUT2D eigenvalue weighted by Gasteiger charge is 2.49. The maximum Gasteiger partial charge on any atom is 0.143 e. The zero-order valence-corrected chi connectivity index (χ0v) is 11.0. The molecule has 0 heterocycles. The molecule has 2 aliphatic rings. The molecule has 2 fully saturated rings. The third kappa shape index (κ3) is 2.04. The van der Waals surface area contributed by atoms with E-state index in [9.17, 15) is 4.79 Å². The highest BCUT2D eigenvalue weighted by Crippen LogP contribution is 2.41. The lowest BCUT2D eigenvalue weighted by atomic mass is 9.67. The van der Waals surface area contributed by atoms with E-state index in [4.69, 9.17) is 4.74 Å². The molecule has 2 aliphatic carbocycles. The minimum atomic E-state index is -0.230. The average Bonchev–Trinajstić information content (AvgIpc) is 2.23. The molecule has 0 aliphatic heterocycles. The van der Waals surface area contributed by atoms with E-state index in [1.807, 2.05) is 13.8 Å². The van der Waals surface area contributed by atoms with Crippen LogP contribution in [-0.4, -0.2) is 18.0 Å². The van der Waals surface area contributed by atoms with Gasteiger partial charge in [-0.05, 0) is 31.1 Å². The van der Waals surface area contributed by atoms with E-state index in [-0.39, 0.29) is 11.5 Å². The Kier molecular flexibility index (Phi) is 3.13. The van der Waals surface area contributed by atoms with Gasteiger partial charge < -0.3 is 4.74 Å².